The lowest BCUT2D eigenvalue weighted by Crippen LogP contribution is -2.35. The van der Waals surface area contributed by atoms with Crippen molar-refractivity contribution in [2.45, 2.75) is 24.2 Å². The van der Waals surface area contributed by atoms with E-state index in [0.29, 0.717) is 13.1 Å². The minimum atomic E-state index is -3.81. The molecule has 0 amide bonds. The molecule has 1 aliphatic heterocycles. The first-order valence-corrected chi connectivity index (χ1v) is 12.2. The number of benzene rings is 2. The molecular formula is C19H21ClN2O4S2. The number of halogens is 1. The topological polar surface area (TPSA) is 83.5 Å². The van der Waals surface area contributed by atoms with E-state index in [9.17, 15) is 16.8 Å². The summed E-state index contributed by atoms with van der Waals surface area (Å²) in [4.78, 5) is -0.0942. The lowest BCUT2D eigenvalue weighted by atomic mass is 10.2. The van der Waals surface area contributed by atoms with Crippen molar-refractivity contribution in [2.24, 2.45) is 0 Å². The van der Waals surface area contributed by atoms with Crippen LogP contribution in [-0.4, -0.2) is 34.2 Å². The Kier molecular flexibility index (Phi) is 6.44. The number of piperidine rings is 1. The number of sulfonamides is 2. The number of hydrogen-bond donors (Lipinski definition) is 1. The van der Waals surface area contributed by atoms with E-state index in [2.05, 4.69) is 4.72 Å². The Balaban J connectivity index is 1.84. The highest BCUT2D eigenvalue weighted by atomic mass is 35.5. The summed E-state index contributed by atoms with van der Waals surface area (Å²) >= 11 is 6.12. The predicted octanol–water partition coefficient (Wildman–Crippen LogP) is 3.93. The van der Waals surface area contributed by atoms with Gasteiger partial charge in [-0.05, 0) is 42.7 Å². The molecule has 1 heterocycles. The molecule has 0 aromatic heterocycles. The Labute approximate surface area is 170 Å². The second-order valence-corrected chi connectivity index (χ2v) is 10.4. The molecule has 1 N–H and O–H groups in total. The van der Waals surface area contributed by atoms with Crippen LogP contribution in [-0.2, 0) is 20.0 Å². The van der Waals surface area contributed by atoms with E-state index >= 15 is 0 Å². The quantitative estimate of drug-likeness (QED) is 0.737. The van der Waals surface area contributed by atoms with Crippen molar-refractivity contribution in [3.8, 4) is 0 Å². The highest BCUT2D eigenvalue weighted by Gasteiger charge is 2.28. The summed E-state index contributed by atoms with van der Waals surface area (Å²) < 4.78 is 54.2. The molecule has 2 aromatic rings. The summed E-state index contributed by atoms with van der Waals surface area (Å²) in [6.45, 7) is 0.878. The van der Waals surface area contributed by atoms with Gasteiger partial charge in [-0.25, -0.2) is 16.8 Å². The maximum absolute atomic E-state index is 12.9. The van der Waals surface area contributed by atoms with Gasteiger partial charge < -0.3 is 0 Å². The van der Waals surface area contributed by atoms with E-state index in [1.54, 1.807) is 24.3 Å². The molecule has 0 aliphatic carbocycles. The Morgan fingerprint density at radius 2 is 1.61 bits per heavy atom. The van der Waals surface area contributed by atoms with E-state index in [0.717, 1.165) is 30.2 Å². The zero-order valence-corrected chi connectivity index (χ0v) is 17.5. The monoisotopic (exact) mass is 440 g/mol. The average molecular weight is 441 g/mol. The molecular weight excluding hydrogens is 420 g/mol. The van der Waals surface area contributed by atoms with Crippen LogP contribution < -0.4 is 4.72 Å². The Morgan fingerprint density at radius 1 is 0.929 bits per heavy atom. The average Bonchev–Trinajstić information content (AvgIpc) is 2.69. The van der Waals surface area contributed by atoms with Crippen LogP contribution in [0.15, 0.2) is 58.8 Å². The molecule has 0 saturated carbocycles. The fourth-order valence-corrected chi connectivity index (χ4v) is 5.82. The molecule has 1 aliphatic rings. The summed E-state index contributed by atoms with van der Waals surface area (Å²) in [7, 11) is -7.59. The van der Waals surface area contributed by atoms with Gasteiger partial charge in [-0.1, -0.05) is 48.4 Å². The van der Waals surface area contributed by atoms with Crippen LogP contribution in [0.1, 0.15) is 24.8 Å². The predicted molar refractivity (Wildman–Crippen MR) is 112 cm³/mol. The van der Waals surface area contributed by atoms with Gasteiger partial charge in [0.15, 0.2) is 0 Å². The van der Waals surface area contributed by atoms with Crippen molar-refractivity contribution < 1.29 is 16.8 Å². The molecule has 0 spiro atoms. The third-order valence-corrected chi connectivity index (χ3v) is 7.76. The lowest BCUT2D eigenvalue weighted by molar-refractivity contribution is 0.346. The van der Waals surface area contributed by atoms with Gasteiger partial charge in [0.25, 0.3) is 10.0 Å². The molecule has 0 bridgehead atoms. The van der Waals surface area contributed by atoms with Crippen molar-refractivity contribution in [3.63, 3.8) is 0 Å². The smallest absolute Gasteiger partial charge is 0.255 e. The SMILES string of the molecule is O=S(=O)(C=Cc1ccccc1)Nc1ccc(Cl)c(S(=O)(=O)N2CCCCC2)c1. The number of hydrogen-bond acceptors (Lipinski definition) is 4. The minimum Gasteiger partial charge on any atom is -0.280 e. The highest BCUT2D eigenvalue weighted by Crippen LogP contribution is 2.29. The van der Waals surface area contributed by atoms with Gasteiger partial charge in [0, 0.05) is 13.1 Å². The number of anilines is 1. The molecule has 0 radical (unpaired) electrons. The maximum atomic E-state index is 12.9. The van der Waals surface area contributed by atoms with Crippen LogP contribution in [0.2, 0.25) is 5.02 Å². The van der Waals surface area contributed by atoms with E-state index in [1.165, 1.54) is 28.6 Å². The molecule has 1 fully saturated rings. The third-order valence-electron chi connectivity index (χ3n) is 4.36. The zero-order valence-electron chi connectivity index (χ0n) is 15.1. The summed E-state index contributed by atoms with van der Waals surface area (Å²) in [5, 5.41) is 1.10. The Bertz CT molecular complexity index is 1060. The van der Waals surface area contributed by atoms with Gasteiger partial charge in [-0.15, -0.1) is 0 Å². The highest BCUT2D eigenvalue weighted by molar-refractivity contribution is 7.95. The normalized spacial score (nSPS) is 16.3. The maximum Gasteiger partial charge on any atom is 0.255 e. The van der Waals surface area contributed by atoms with Crippen molar-refractivity contribution in [3.05, 3.63) is 64.5 Å². The summed E-state index contributed by atoms with van der Waals surface area (Å²) in [6, 6.07) is 13.1. The van der Waals surface area contributed by atoms with Gasteiger partial charge in [-0.3, -0.25) is 4.72 Å². The van der Waals surface area contributed by atoms with Gasteiger partial charge in [0.1, 0.15) is 4.90 Å². The number of nitrogens with zero attached hydrogens (tertiary/aromatic N) is 1. The molecule has 28 heavy (non-hydrogen) atoms. The first-order valence-electron chi connectivity index (χ1n) is 8.84. The standard InChI is InChI=1S/C19H21ClN2O4S2/c20-18-10-9-17(15-19(18)28(25,26)22-12-5-2-6-13-22)21-27(23,24)14-11-16-7-3-1-4-8-16/h1,3-4,7-11,14-15,21H,2,5-6,12-13H2. The number of rotatable bonds is 6. The molecule has 9 heteroatoms. The molecule has 2 aromatic carbocycles. The third kappa shape index (κ3) is 5.14. The minimum absolute atomic E-state index is 0.0633. The fourth-order valence-electron chi connectivity index (χ4n) is 2.94. The summed E-state index contributed by atoms with van der Waals surface area (Å²) in [6.07, 6.45) is 4.05. The molecule has 150 valence electrons. The largest absolute Gasteiger partial charge is 0.280 e. The Hall–Kier alpha value is -1.87. The van der Waals surface area contributed by atoms with Crippen molar-refractivity contribution >= 4 is 43.4 Å². The molecule has 3 rings (SSSR count). The molecule has 0 atom stereocenters. The zero-order chi connectivity index (χ0) is 20.2. The lowest BCUT2D eigenvalue weighted by Gasteiger charge is -2.26. The van der Waals surface area contributed by atoms with Crippen LogP contribution in [0.4, 0.5) is 5.69 Å². The van der Waals surface area contributed by atoms with Crippen molar-refractivity contribution in [2.75, 3.05) is 17.8 Å². The van der Waals surface area contributed by atoms with E-state index in [-0.39, 0.29) is 15.6 Å². The molecule has 1 saturated heterocycles. The van der Waals surface area contributed by atoms with E-state index in [4.69, 9.17) is 11.6 Å². The van der Waals surface area contributed by atoms with Crippen LogP contribution in [0.5, 0.6) is 0 Å². The Morgan fingerprint density at radius 3 is 2.29 bits per heavy atom. The summed E-state index contributed by atoms with van der Waals surface area (Å²) in [5.74, 6) is 0. The van der Waals surface area contributed by atoms with Crippen molar-refractivity contribution in [1.29, 1.82) is 0 Å². The first-order chi connectivity index (χ1) is 13.3. The summed E-state index contributed by atoms with van der Waals surface area (Å²) in [5.41, 5.74) is 0.870. The van der Waals surface area contributed by atoms with Crippen LogP contribution in [0.25, 0.3) is 6.08 Å². The number of nitrogens with one attached hydrogen (secondary N) is 1. The fraction of sp³-hybridized carbons (Fsp3) is 0.263. The molecule has 6 nitrogen and oxygen atoms in total. The van der Waals surface area contributed by atoms with Crippen LogP contribution in [0.3, 0.4) is 0 Å². The first kappa shape index (κ1) is 20.9. The van der Waals surface area contributed by atoms with Gasteiger partial charge >= 0.3 is 0 Å². The van der Waals surface area contributed by atoms with E-state index < -0.39 is 20.0 Å². The second-order valence-electron chi connectivity index (χ2n) is 6.47. The van der Waals surface area contributed by atoms with Gasteiger partial charge in [0.2, 0.25) is 10.0 Å². The molecule has 0 unspecified atom stereocenters. The van der Waals surface area contributed by atoms with E-state index in [1.807, 2.05) is 6.07 Å². The van der Waals surface area contributed by atoms with Crippen molar-refractivity contribution in [1.82, 2.24) is 4.31 Å². The van der Waals surface area contributed by atoms with Gasteiger partial charge in [0.05, 0.1) is 16.1 Å². The van der Waals surface area contributed by atoms with Gasteiger partial charge in [-0.2, -0.15) is 4.31 Å². The second kappa shape index (κ2) is 8.65. The van der Waals surface area contributed by atoms with Crippen LogP contribution in [0, 0.1) is 0 Å². The van der Waals surface area contributed by atoms with Crippen LogP contribution >= 0.6 is 11.6 Å².